The molecule has 0 aromatic carbocycles. The molecule has 0 aromatic heterocycles. The monoisotopic (exact) mass is 383 g/mol. The lowest BCUT2D eigenvalue weighted by molar-refractivity contribution is -0.142. The van der Waals surface area contributed by atoms with E-state index in [0.29, 0.717) is 6.54 Å². The lowest BCUT2D eigenvalue weighted by Crippen LogP contribution is -2.14. The predicted molar refractivity (Wildman–Crippen MR) is 118 cm³/mol. The lowest BCUT2D eigenvalue weighted by Gasteiger charge is -2.11. The SMILES string of the molecule is CCCCCCCCCCCCCCCCCCC(CCCCN)C(=O)O. The van der Waals surface area contributed by atoms with Crippen LogP contribution in [-0.4, -0.2) is 17.6 Å². The Balaban J connectivity index is 3.26. The summed E-state index contributed by atoms with van der Waals surface area (Å²) in [7, 11) is 0. The van der Waals surface area contributed by atoms with Crippen LogP contribution in [0.2, 0.25) is 0 Å². The largest absolute Gasteiger partial charge is 0.481 e. The molecule has 0 heterocycles. The summed E-state index contributed by atoms with van der Waals surface area (Å²) < 4.78 is 0. The van der Waals surface area contributed by atoms with E-state index in [1.165, 1.54) is 96.3 Å². The van der Waals surface area contributed by atoms with Gasteiger partial charge in [-0.05, 0) is 25.8 Å². The van der Waals surface area contributed by atoms with Crippen molar-refractivity contribution in [1.29, 1.82) is 0 Å². The first kappa shape index (κ1) is 26.4. The van der Waals surface area contributed by atoms with Gasteiger partial charge in [-0.15, -0.1) is 0 Å². The zero-order chi connectivity index (χ0) is 20.0. The van der Waals surface area contributed by atoms with E-state index < -0.39 is 5.97 Å². The van der Waals surface area contributed by atoms with E-state index in [-0.39, 0.29) is 5.92 Å². The molecule has 1 atom stereocenters. The average Bonchev–Trinajstić information content (AvgIpc) is 2.66. The third-order valence-electron chi connectivity index (χ3n) is 5.76. The molecular formula is C24H49NO2. The first-order valence-corrected chi connectivity index (χ1v) is 12.1. The van der Waals surface area contributed by atoms with Gasteiger partial charge < -0.3 is 10.8 Å². The van der Waals surface area contributed by atoms with Gasteiger partial charge in [-0.1, -0.05) is 116 Å². The molecule has 0 aliphatic heterocycles. The van der Waals surface area contributed by atoms with E-state index in [9.17, 15) is 9.90 Å². The Kier molecular flexibility index (Phi) is 21.3. The number of carboxylic acid groups (broad SMARTS) is 1. The van der Waals surface area contributed by atoms with Crippen molar-refractivity contribution in [2.24, 2.45) is 11.7 Å². The highest BCUT2D eigenvalue weighted by molar-refractivity contribution is 5.69. The van der Waals surface area contributed by atoms with Gasteiger partial charge in [0.1, 0.15) is 0 Å². The van der Waals surface area contributed by atoms with E-state index in [1.54, 1.807) is 0 Å². The minimum atomic E-state index is -0.618. The van der Waals surface area contributed by atoms with Gasteiger partial charge in [0, 0.05) is 0 Å². The van der Waals surface area contributed by atoms with E-state index in [4.69, 9.17) is 5.73 Å². The van der Waals surface area contributed by atoms with Gasteiger partial charge in [-0.25, -0.2) is 0 Å². The Morgan fingerprint density at radius 1 is 0.630 bits per heavy atom. The van der Waals surface area contributed by atoms with Crippen LogP contribution in [0, 0.1) is 5.92 Å². The summed E-state index contributed by atoms with van der Waals surface area (Å²) in [5.41, 5.74) is 5.48. The number of hydrogen-bond donors (Lipinski definition) is 2. The zero-order valence-corrected chi connectivity index (χ0v) is 18.4. The summed E-state index contributed by atoms with van der Waals surface area (Å²) in [6.45, 7) is 2.95. The Bertz CT molecular complexity index is 307. The van der Waals surface area contributed by atoms with Crippen LogP contribution in [0.5, 0.6) is 0 Å². The first-order valence-electron chi connectivity index (χ1n) is 12.1. The fourth-order valence-electron chi connectivity index (χ4n) is 3.87. The zero-order valence-electron chi connectivity index (χ0n) is 18.4. The molecule has 0 saturated heterocycles. The summed E-state index contributed by atoms with van der Waals surface area (Å²) in [6, 6.07) is 0. The standard InChI is InChI=1S/C24H49NO2/c1-2-3-4-5-6-7-8-9-10-11-12-13-14-15-16-17-20-23(24(26)27)21-18-19-22-25/h23H,2-22,25H2,1H3,(H,26,27). The van der Waals surface area contributed by atoms with Crippen molar-refractivity contribution in [2.45, 2.75) is 135 Å². The summed E-state index contributed by atoms with van der Waals surface area (Å²) in [4.78, 5) is 11.3. The first-order chi connectivity index (χ1) is 13.2. The van der Waals surface area contributed by atoms with Gasteiger partial charge in [-0.2, -0.15) is 0 Å². The molecule has 0 bridgehead atoms. The van der Waals surface area contributed by atoms with Gasteiger partial charge in [-0.3, -0.25) is 4.79 Å². The predicted octanol–water partition coefficient (Wildman–Crippen LogP) is 7.47. The Hall–Kier alpha value is -0.570. The van der Waals surface area contributed by atoms with Gasteiger partial charge in [0.15, 0.2) is 0 Å². The molecular weight excluding hydrogens is 334 g/mol. The summed E-state index contributed by atoms with van der Waals surface area (Å²) in [5, 5.41) is 9.27. The number of nitrogens with two attached hydrogens (primary N) is 1. The highest BCUT2D eigenvalue weighted by Gasteiger charge is 2.15. The molecule has 0 rings (SSSR count). The lowest BCUT2D eigenvalue weighted by atomic mass is 9.95. The van der Waals surface area contributed by atoms with Crippen molar-refractivity contribution in [3.63, 3.8) is 0 Å². The molecule has 3 nitrogen and oxygen atoms in total. The average molecular weight is 384 g/mol. The van der Waals surface area contributed by atoms with Crippen LogP contribution in [0.1, 0.15) is 135 Å². The van der Waals surface area contributed by atoms with Crippen LogP contribution in [0.3, 0.4) is 0 Å². The van der Waals surface area contributed by atoms with Crippen LogP contribution < -0.4 is 5.73 Å². The quantitative estimate of drug-likeness (QED) is 0.191. The van der Waals surface area contributed by atoms with E-state index in [2.05, 4.69) is 6.92 Å². The highest BCUT2D eigenvalue weighted by Crippen LogP contribution is 2.18. The van der Waals surface area contributed by atoms with E-state index in [1.807, 2.05) is 0 Å². The van der Waals surface area contributed by atoms with Crippen molar-refractivity contribution in [3.8, 4) is 0 Å². The van der Waals surface area contributed by atoms with Gasteiger partial charge in [0.25, 0.3) is 0 Å². The molecule has 0 aliphatic carbocycles. The van der Waals surface area contributed by atoms with Gasteiger partial charge >= 0.3 is 5.97 Å². The molecule has 0 aromatic rings. The molecule has 0 amide bonds. The van der Waals surface area contributed by atoms with Crippen LogP contribution in [-0.2, 0) is 4.79 Å². The molecule has 1 unspecified atom stereocenters. The maximum atomic E-state index is 11.3. The summed E-state index contributed by atoms with van der Waals surface area (Å²) in [6.07, 6.45) is 25.3. The van der Waals surface area contributed by atoms with Crippen molar-refractivity contribution < 1.29 is 9.90 Å². The van der Waals surface area contributed by atoms with Crippen LogP contribution in [0.4, 0.5) is 0 Å². The smallest absolute Gasteiger partial charge is 0.306 e. The van der Waals surface area contributed by atoms with Crippen LogP contribution in [0.15, 0.2) is 0 Å². The van der Waals surface area contributed by atoms with Gasteiger partial charge in [0.05, 0.1) is 5.92 Å². The van der Waals surface area contributed by atoms with Crippen LogP contribution >= 0.6 is 0 Å². The molecule has 0 radical (unpaired) electrons. The normalized spacial score (nSPS) is 12.4. The third-order valence-corrected chi connectivity index (χ3v) is 5.76. The molecule has 3 heteroatoms. The highest BCUT2D eigenvalue weighted by atomic mass is 16.4. The molecule has 162 valence electrons. The minimum absolute atomic E-state index is 0.150. The summed E-state index contributed by atoms with van der Waals surface area (Å²) >= 11 is 0. The number of unbranched alkanes of at least 4 members (excludes halogenated alkanes) is 16. The molecule has 3 N–H and O–H groups in total. The number of rotatable bonds is 22. The maximum Gasteiger partial charge on any atom is 0.306 e. The fourth-order valence-corrected chi connectivity index (χ4v) is 3.87. The fraction of sp³-hybridized carbons (Fsp3) is 0.958. The Morgan fingerprint density at radius 3 is 1.30 bits per heavy atom. The number of aliphatic carboxylic acids is 1. The van der Waals surface area contributed by atoms with E-state index >= 15 is 0 Å². The maximum absolute atomic E-state index is 11.3. The molecule has 0 fully saturated rings. The molecule has 0 aliphatic rings. The second kappa shape index (κ2) is 21.7. The molecule has 27 heavy (non-hydrogen) atoms. The third kappa shape index (κ3) is 20.0. The molecule has 0 spiro atoms. The van der Waals surface area contributed by atoms with Crippen molar-refractivity contribution in [3.05, 3.63) is 0 Å². The Labute approximate surface area is 169 Å². The molecule has 0 saturated carbocycles. The number of carbonyl (C=O) groups is 1. The van der Waals surface area contributed by atoms with Crippen molar-refractivity contribution in [1.82, 2.24) is 0 Å². The minimum Gasteiger partial charge on any atom is -0.481 e. The second-order valence-corrected chi connectivity index (χ2v) is 8.41. The second-order valence-electron chi connectivity index (χ2n) is 8.41. The Morgan fingerprint density at radius 2 is 0.963 bits per heavy atom. The van der Waals surface area contributed by atoms with Crippen molar-refractivity contribution in [2.75, 3.05) is 6.54 Å². The number of hydrogen-bond acceptors (Lipinski definition) is 2. The van der Waals surface area contributed by atoms with Crippen LogP contribution in [0.25, 0.3) is 0 Å². The number of carboxylic acids is 1. The van der Waals surface area contributed by atoms with Crippen molar-refractivity contribution >= 4 is 5.97 Å². The summed E-state index contributed by atoms with van der Waals surface area (Å²) in [5.74, 6) is -0.767. The van der Waals surface area contributed by atoms with E-state index in [0.717, 1.165) is 32.1 Å². The topological polar surface area (TPSA) is 63.3 Å². The van der Waals surface area contributed by atoms with Gasteiger partial charge in [0.2, 0.25) is 0 Å².